The van der Waals surface area contributed by atoms with Gasteiger partial charge in [-0.15, -0.1) is 12.6 Å². The summed E-state index contributed by atoms with van der Waals surface area (Å²) in [6, 6.07) is 10.00. The van der Waals surface area contributed by atoms with Crippen LogP contribution < -0.4 is 5.73 Å². The monoisotopic (exact) mass is 185 g/mol. The van der Waals surface area contributed by atoms with E-state index in [-0.39, 0.29) is 0 Å². The highest BCUT2D eigenvalue weighted by atomic mass is 32.2. The molecule has 0 bridgehead atoms. The third-order valence-electron chi connectivity index (χ3n) is 1.07. The SMILES string of the molecule is CC(N)(S)Sc1ccccc1. The van der Waals surface area contributed by atoms with Crippen LogP contribution in [0.1, 0.15) is 6.92 Å². The Labute approximate surface area is 76.8 Å². The van der Waals surface area contributed by atoms with Crippen molar-refractivity contribution in [2.24, 2.45) is 5.73 Å². The maximum atomic E-state index is 5.69. The minimum atomic E-state index is -0.485. The molecule has 1 atom stereocenters. The molecule has 60 valence electrons. The Morgan fingerprint density at radius 2 is 1.91 bits per heavy atom. The van der Waals surface area contributed by atoms with Crippen LogP contribution in [0.15, 0.2) is 35.2 Å². The van der Waals surface area contributed by atoms with Crippen molar-refractivity contribution in [2.45, 2.75) is 16.0 Å². The predicted octanol–water partition coefficient (Wildman–Crippen LogP) is 2.34. The molecule has 0 amide bonds. The van der Waals surface area contributed by atoms with Gasteiger partial charge in [0.1, 0.15) is 4.20 Å². The molecule has 0 saturated heterocycles. The molecule has 2 N–H and O–H groups in total. The summed E-state index contributed by atoms with van der Waals surface area (Å²) in [5, 5.41) is 0. The lowest BCUT2D eigenvalue weighted by atomic mass is 10.4. The second-order valence-corrected chi connectivity index (χ2v) is 5.22. The number of benzene rings is 1. The van der Waals surface area contributed by atoms with Gasteiger partial charge in [0.05, 0.1) is 0 Å². The van der Waals surface area contributed by atoms with E-state index in [4.69, 9.17) is 5.73 Å². The molecule has 11 heavy (non-hydrogen) atoms. The Morgan fingerprint density at radius 3 is 2.36 bits per heavy atom. The van der Waals surface area contributed by atoms with Crippen molar-refractivity contribution in [1.29, 1.82) is 0 Å². The molecule has 0 aromatic heterocycles. The minimum Gasteiger partial charge on any atom is -0.309 e. The fraction of sp³-hybridized carbons (Fsp3) is 0.250. The molecule has 0 fully saturated rings. The lowest BCUT2D eigenvalue weighted by Crippen LogP contribution is -2.23. The average Bonchev–Trinajstić information content (AvgIpc) is 1.85. The van der Waals surface area contributed by atoms with Crippen LogP contribution in [-0.2, 0) is 0 Å². The van der Waals surface area contributed by atoms with Gasteiger partial charge in [0.2, 0.25) is 0 Å². The Kier molecular flexibility index (Phi) is 2.87. The highest BCUT2D eigenvalue weighted by molar-refractivity contribution is 8.11. The maximum Gasteiger partial charge on any atom is 0.108 e. The van der Waals surface area contributed by atoms with E-state index >= 15 is 0 Å². The number of nitrogens with two attached hydrogens (primary N) is 1. The molecule has 0 spiro atoms. The van der Waals surface area contributed by atoms with Crippen molar-refractivity contribution in [3.63, 3.8) is 0 Å². The van der Waals surface area contributed by atoms with E-state index < -0.39 is 4.20 Å². The number of thiol groups is 1. The Bertz CT molecular complexity index is 215. The van der Waals surface area contributed by atoms with Gasteiger partial charge in [0, 0.05) is 4.90 Å². The predicted molar refractivity (Wildman–Crippen MR) is 53.9 cm³/mol. The second-order valence-electron chi connectivity index (χ2n) is 2.47. The first kappa shape index (κ1) is 8.97. The van der Waals surface area contributed by atoms with Gasteiger partial charge in [-0.3, -0.25) is 0 Å². The molecule has 1 rings (SSSR count). The number of hydrogen-bond acceptors (Lipinski definition) is 3. The highest BCUT2D eigenvalue weighted by Gasteiger charge is 2.12. The van der Waals surface area contributed by atoms with Gasteiger partial charge in [-0.1, -0.05) is 30.0 Å². The van der Waals surface area contributed by atoms with E-state index in [2.05, 4.69) is 12.6 Å². The summed E-state index contributed by atoms with van der Waals surface area (Å²) in [5.74, 6) is 0. The Morgan fingerprint density at radius 1 is 1.36 bits per heavy atom. The molecular weight excluding hydrogens is 174 g/mol. The van der Waals surface area contributed by atoms with Crippen LogP contribution in [-0.4, -0.2) is 4.20 Å². The maximum absolute atomic E-state index is 5.69. The standard InChI is InChI=1S/C8H11NS2/c1-8(9,10)11-7-5-3-2-4-6-7/h2-6,10H,9H2,1H3. The molecule has 0 saturated carbocycles. The summed E-state index contributed by atoms with van der Waals surface area (Å²) in [4.78, 5) is 1.15. The zero-order valence-electron chi connectivity index (χ0n) is 6.32. The third-order valence-corrected chi connectivity index (χ3v) is 2.26. The quantitative estimate of drug-likeness (QED) is 0.420. The van der Waals surface area contributed by atoms with Crippen molar-refractivity contribution in [2.75, 3.05) is 0 Å². The molecule has 0 radical (unpaired) electrons. The molecule has 3 heteroatoms. The zero-order valence-corrected chi connectivity index (χ0v) is 8.03. The van der Waals surface area contributed by atoms with E-state index in [0.717, 1.165) is 4.90 Å². The van der Waals surface area contributed by atoms with Gasteiger partial charge in [-0.2, -0.15) is 0 Å². The minimum absolute atomic E-state index is 0.485. The Balaban J connectivity index is 2.66. The molecule has 0 aliphatic heterocycles. The first-order chi connectivity index (χ1) is 5.08. The molecule has 1 unspecified atom stereocenters. The smallest absolute Gasteiger partial charge is 0.108 e. The molecule has 0 heterocycles. The van der Waals surface area contributed by atoms with Crippen molar-refractivity contribution in [1.82, 2.24) is 0 Å². The lowest BCUT2D eigenvalue weighted by molar-refractivity contribution is 0.974. The zero-order chi connectivity index (χ0) is 8.32. The molecule has 1 aromatic carbocycles. The summed E-state index contributed by atoms with van der Waals surface area (Å²) in [5.41, 5.74) is 5.69. The van der Waals surface area contributed by atoms with Crippen LogP contribution in [0, 0.1) is 0 Å². The van der Waals surface area contributed by atoms with E-state index in [1.165, 1.54) is 0 Å². The molecule has 1 aromatic rings. The molecule has 1 nitrogen and oxygen atoms in total. The first-order valence-corrected chi connectivity index (χ1v) is 4.59. The van der Waals surface area contributed by atoms with Gasteiger partial charge >= 0.3 is 0 Å². The van der Waals surface area contributed by atoms with Crippen molar-refractivity contribution < 1.29 is 0 Å². The Hall–Kier alpha value is -0.120. The summed E-state index contributed by atoms with van der Waals surface area (Å²) < 4.78 is -0.485. The van der Waals surface area contributed by atoms with Crippen molar-refractivity contribution >= 4 is 24.4 Å². The summed E-state index contributed by atoms with van der Waals surface area (Å²) >= 11 is 5.75. The summed E-state index contributed by atoms with van der Waals surface area (Å²) in [6.07, 6.45) is 0. The van der Waals surface area contributed by atoms with E-state index in [1.807, 2.05) is 37.3 Å². The molecular formula is C8H11NS2. The number of rotatable bonds is 2. The topological polar surface area (TPSA) is 26.0 Å². The third kappa shape index (κ3) is 3.70. The van der Waals surface area contributed by atoms with Crippen LogP contribution in [0.3, 0.4) is 0 Å². The van der Waals surface area contributed by atoms with Crippen LogP contribution >= 0.6 is 24.4 Å². The van der Waals surface area contributed by atoms with Crippen LogP contribution in [0.4, 0.5) is 0 Å². The fourth-order valence-corrected chi connectivity index (χ4v) is 1.81. The van der Waals surface area contributed by atoms with Gasteiger partial charge in [-0.05, 0) is 19.1 Å². The van der Waals surface area contributed by atoms with E-state index in [0.29, 0.717) is 0 Å². The van der Waals surface area contributed by atoms with E-state index in [9.17, 15) is 0 Å². The number of hydrogen-bond donors (Lipinski definition) is 2. The second kappa shape index (κ2) is 3.52. The normalized spacial score (nSPS) is 15.9. The fourth-order valence-electron chi connectivity index (χ4n) is 0.727. The highest BCUT2D eigenvalue weighted by Crippen LogP contribution is 2.30. The van der Waals surface area contributed by atoms with Crippen LogP contribution in [0.25, 0.3) is 0 Å². The summed E-state index contributed by atoms with van der Waals surface area (Å²) in [7, 11) is 0. The molecule has 0 aliphatic rings. The van der Waals surface area contributed by atoms with E-state index in [1.54, 1.807) is 11.8 Å². The summed E-state index contributed by atoms with van der Waals surface area (Å²) in [6.45, 7) is 1.87. The van der Waals surface area contributed by atoms with Gasteiger partial charge in [0.15, 0.2) is 0 Å². The van der Waals surface area contributed by atoms with Gasteiger partial charge in [0.25, 0.3) is 0 Å². The average molecular weight is 185 g/mol. The molecule has 0 aliphatic carbocycles. The largest absolute Gasteiger partial charge is 0.309 e. The van der Waals surface area contributed by atoms with Crippen LogP contribution in [0.5, 0.6) is 0 Å². The lowest BCUT2D eigenvalue weighted by Gasteiger charge is -2.15. The van der Waals surface area contributed by atoms with Gasteiger partial charge < -0.3 is 5.73 Å². The first-order valence-electron chi connectivity index (χ1n) is 3.33. The van der Waals surface area contributed by atoms with Crippen molar-refractivity contribution in [3.8, 4) is 0 Å². The van der Waals surface area contributed by atoms with Gasteiger partial charge in [-0.25, -0.2) is 0 Å². The van der Waals surface area contributed by atoms with Crippen molar-refractivity contribution in [3.05, 3.63) is 30.3 Å². The van der Waals surface area contributed by atoms with Crippen LogP contribution in [0.2, 0.25) is 0 Å². The number of thioether (sulfide) groups is 1.